The Kier molecular flexibility index (Phi) is 5.61. The fourth-order valence-electron chi connectivity index (χ4n) is 2.90. The van der Waals surface area contributed by atoms with E-state index in [0.29, 0.717) is 17.7 Å². The van der Waals surface area contributed by atoms with Gasteiger partial charge in [-0.15, -0.1) is 0 Å². The van der Waals surface area contributed by atoms with E-state index >= 15 is 0 Å². The summed E-state index contributed by atoms with van der Waals surface area (Å²) in [5, 5.41) is 9.14. The molecule has 2 heterocycles. The molecule has 0 aliphatic heterocycles. The van der Waals surface area contributed by atoms with Crippen LogP contribution >= 0.6 is 0 Å². The fraction of sp³-hybridized carbons (Fsp3) is 0.412. The van der Waals surface area contributed by atoms with Gasteiger partial charge in [0.15, 0.2) is 0 Å². The van der Waals surface area contributed by atoms with E-state index in [1.54, 1.807) is 12.3 Å². The van der Waals surface area contributed by atoms with Crippen LogP contribution < -0.4 is 20.7 Å². The number of anilines is 2. The predicted octanol–water partition coefficient (Wildman–Crippen LogP) is 2.43. The minimum Gasteiger partial charge on any atom is -0.481 e. The van der Waals surface area contributed by atoms with E-state index < -0.39 is 0 Å². The third kappa shape index (κ3) is 5.03. The van der Waals surface area contributed by atoms with Crippen LogP contribution in [0.1, 0.15) is 25.7 Å². The zero-order chi connectivity index (χ0) is 17.5. The standard InChI is InChI=1S/C17H22N6O2/c1-25-16-10-15(19-11-20-16)23-17(24)22-13-7-5-12(6-8-13)21-14-4-2-3-9-18-14/h2-4,9-13H,5-8H2,1H3,(H,18,21)(H2,19,20,22,23,24). The van der Waals surface area contributed by atoms with Gasteiger partial charge in [-0.2, -0.15) is 0 Å². The van der Waals surface area contributed by atoms with Gasteiger partial charge in [-0.05, 0) is 37.8 Å². The number of methoxy groups -OCH3 is 1. The molecule has 0 atom stereocenters. The van der Waals surface area contributed by atoms with Gasteiger partial charge in [-0.3, -0.25) is 5.32 Å². The molecule has 2 aromatic rings. The van der Waals surface area contributed by atoms with Gasteiger partial charge in [0, 0.05) is 24.3 Å². The van der Waals surface area contributed by atoms with Gasteiger partial charge in [0.2, 0.25) is 5.88 Å². The molecule has 25 heavy (non-hydrogen) atoms. The van der Waals surface area contributed by atoms with E-state index in [4.69, 9.17) is 4.74 Å². The Balaban J connectivity index is 1.43. The summed E-state index contributed by atoms with van der Waals surface area (Å²) in [6.45, 7) is 0. The average molecular weight is 342 g/mol. The van der Waals surface area contributed by atoms with Crippen LogP contribution in [0.3, 0.4) is 0 Å². The molecule has 8 nitrogen and oxygen atoms in total. The highest BCUT2D eigenvalue weighted by atomic mass is 16.5. The van der Waals surface area contributed by atoms with Crippen molar-refractivity contribution in [1.29, 1.82) is 0 Å². The van der Waals surface area contributed by atoms with Gasteiger partial charge < -0.3 is 15.4 Å². The fourth-order valence-corrected chi connectivity index (χ4v) is 2.90. The lowest BCUT2D eigenvalue weighted by Gasteiger charge is -2.29. The number of urea groups is 1. The lowest BCUT2D eigenvalue weighted by Crippen LogP contribution is -2.42. The second kappa shape index (κ2) is 8.27. The molecule has 3 N–H and O–H groups in total. The lowest BCUT2D eigenvalue weighted by molar-refractivity contribution is 0.243. The van der Waals surface area contributed by atoms with Crippen molar-refractivity contribution in [2.45, 2.75) is 37.8 Å². The van der Waals surface area contributed by atoms with Crippen LogP contribution in [0, 0.1) is 0 Å². The van der Waals surface area contributed by atoms with Crippen LogP contribution in [-0.4, -0.2) is 40.2 Å². The summed E-state index contributed by atoms with van der Waals surface area (Å²) >= 11 is 0. The summed E-state index contributed by atoms with van der Waals surface area (Å²) in [6, 6.07) is 7.70. The van der Waals surface area contributed by atoms with E-state index in [1.165, 1.54) is 13.4 Å². The Morgan fingerprint density at radius 1 is 1.08 bits per heavy atom. The van der Waals surface area contributed by atoms with Crippen molar-refractivity contribution < 1.29 is 9.53 Å². The van der Waals surface area contributed by atoms with Crippen LogP contribution in [0.15, 0.2) is 36.8 Å². The Bertz CT molecular complexity index is 689. The molecule has 0 unspecified atom stereocenters. The number of hydrogen-bond donors (Lipinski definition) is 3. The highest BCUT2D eigenvalue weighted by molar-refractivity contribution is 5.88. The first-order valence-corrected chi connectivity index (χ1v) is 8.34. The van der Waals surface area contributed by atoms with Crippen molar-refractivity contribution in [3.05, 3.63) is 36.8 Å². The molecule has 1 aliphatic carbocycles. The molecule has 1 aliphatic rings. The molecule has 0 spiro atoms. The van der Waals surface area contributed by atoms with Crippen LogP contribution in [0.4, 0.5) is 16.4 Å². The molecule has 2 amide bonds. The van der Waals surface area contributed by atoms with Crippen molar-refractivity contribution in [1.82, 2.24) is 20.3 Å². The normalized spacial score (nSPS) is 19.7. The zero-order valence-electron chi connectivity index (χ0n) is 14.1. The number of rotatable bonds is 5. The molecular weight excluding hydrogens is 320 g/mol. The molecule has 0 radical (unpaired) electrons. The number of nitrogens with one attached hydrogen (secondary N) is 3. The second-order valence-corrected chi connectivity index (χ2v) is 5.95. The molecule has 1 saturated carbocycles. The van der Waals surface area contributed by atoms with E-state index in [0.717, 1.165) is 31.5 Å². The molecule has 1 fully saturated rings. The van der Waals surface area contributed by atoms with Gasteiger partial charge >= 0.3 is 6.03 Å². The van der Waals surface area contributed by atoms with Crippen LogP contribution in [0.2, 0.25) is 0 Å². The number of aromatic nitrogens is 3. The number of ether oxygens (including phenoxy) is 1. The minimum atomic E-state index is -0.262. The molecule has 3 rings (SSSR count). The molecule has 8 heteroatoms. The summed E-state index contributed by atoms with van der Waals surface area (Å²) in [6.07, 6.45) is 6.95. The SMILES string of the molecule is COc1cc(NC(=O)NC2CCC(Nc3ccccn3)CC2)ncn1. The van der Waals surface area contributed by atoms with Crippen LogP contribution in [0.25, 0.3) is 0 Å². The maximum Gasteiger partial charge on any atom is 0.320 e. The highest BCUT2D eigenvalue weighted by Crippen LogP contribution is 2.21. The van der Waals surface area contributed by atoms with Crippen molar-refractivity contribution in [3.63, 3.8) is 0 Å². The number of pyridine rings is 1. The average Bonchev–Trinajstić information content (AvgIpc) is 2.64. The monoisotopic (exact) mass is 342 g/mol. The maximum absolute atomic E-state index is 12.1. The Morgan fingerprint density at radius 3 is 2.60 bits per heavy atom. The van der Waals surface area contributed by atoms with Crippen molar-refractivity contribution in [2.75, 3.05) is 17.7 Å². The smallest absolute Gasteiger partial charge is 0.320 e. The van der Waals surface area contributed by atoms with Gasteiger partial charge in [-0.1, -0.05) is 6.07 Å². The Labute approximate surface area is 146 Å². The predicted molar refractivity (Wildman–Crippen MR) is 94.6 cm³/mol. The quantitative estimate of drug-likeness (QED) is 0.771. The Morgan fingerprint density at radius 2 is 1.88 bits per heavy atom. The first-order chi connectivity index (χ1) is 12.2. The molecule has 0 saturated heterocycles. The molecule has 0 aromatic carbocycles. The third-order valence-corrected chi connectivity index (χ3v) is 4.17. The third-order valence-electron chi connectivity index (χ3n) is 4.17. The van der Waals surface area contributed by atoms with E-state index in [-0.39, 0.29) is 12.1 Å². The van der Waals surface area contributed by atoms with Gasteiger partial charge in [0.1, 0.15) is 18.0 Å². The minimum absolute atomic E-state index is 0.158. The highest BCUT2D eigenvalue weighted by Gasteiger charge is 2.22. The topological polar surface area (TPSA) is 101 Å². The Hall–Kier alpha value is -2.90. The van der Waals surface area contributed by atoms with Gasteiger partial charge in [-0.25, -0.2) is 19.7 Å². The molecule has 0 bridgehead atoms. The summed E-state index contributed by atoms with van der Waals surface area (Å²) in [4.78, 5) is 24.3. The van der Waals surface area contributed by atoms with Crippen molar-refractivity contribution in [3.8, 4) is 5.88 Å². The van der Waals surface area contributed by atoms with E-state index in [2.05, 4.69) is 30.9 Å². The van der Waals surface area contributed by atoms with Crippen molar-refractivity contribution in [2.24, 2.45) is 0 Å². The number of amides is 2. The molecule has 132 valence electrons. The summed E-state index contributed by atoms with van der Waals surface area (Å²) in [5.41, 5.74) is 0. The summed E-state index contributed by atoms with van der Waals surface area (Å²) in [5.74, 6) is 1.72. The zero-order valence-corrected chi connectivity index (χ0v) is 14.1. The summed E-state index contributed by atoms with van der Waals surface area (Å²) < 4.78 is 5.01. The molecule has 2 aromatic heterocycles. The van der Waals surface area contributed by atoms with Crippen LogP contribution in [-0.2, 0) is 0 Å². The number of carbonyl (C=O) groups is 1. The second-order valence-electron chi connectivity index (χ2n) is 5.95. The number of carbonyl (C=O) groups excluding carboxylic acids is 1. The number of nitrogens with zero attached hydrogens (tertiary/aromatic N) is 3. The van der Waals surface area contributed by atoms with Crippen molar-refractivity contribution >= 4 is 17.7 Å². The first kappa shape index (κ1) is 16.9. The van der Waals surface area contributed by atoms with Crippen LogP contribution in [0.5, 0.6) is 5.88 Å². The first-order valence-electron chi connectivity index (χ1n) is 8.34. The summed E-state index contributed by atoms with van der Waals surface area (Å²) in [7, 11) is 1.52. The maximum atomic E-state index is 12.1. The van der Waals surface area contributed by atoms with E-state index in [1.807, 2.05) is 18.2 Å². The van der Waals surface area contributed by atoms with Gasteiger partial charge in [0.05, 0.1) is 7.11 Å². The largest absolute Gasteiger partial charge is 0.481 e. The van der Waals surface area contributed by atoms with E-state index in [9.17, 15) is 4.79 Å². The van der Waals surface area contributed by atoms with Gasteiger partial charge in [0.25, 0.3) is 0 Å². The number of hydrogen-bond acceptors (Lipinski definition) is 6. The molecular formula is C17H22N6O2. The lowest BCUT2D eigenvalue weighted by atomic mass is 9.91.